The zero-order valence-electron chi connectivity index (χ0n) is 16.0. The Labute approximate surface area is 169 Å². The molecule has 2 atom stereocenters. The van der Waals surface area contributed by atoms with E-state index in [1.165, 1.54) is 4.90 Å². The molecule has 7 nitrogen and oxygen atoms in total. The van der Waals surface area contributed by atoms with Gasteiger partial charge in [-0.3, -0.25) is 4.79 Å². The van der Waals surface area contributed by atoms with Crippen molar-refractivity contribution in [2.24, 2.45) is 0 Å². The lowest BCUT2D eigenvalue weighted by atomic mass is 10.0. The molecule has 0 saturated carbocycles. The molecular formula is C22H24N2O5. The van der Waals surface area contributed by atoms with E-state index < -0.39 is 30.1 Å². The molecule has 7 heteroatoms. The minimum Gasteiger partial charge on any atom is -0.480 e. The van der Waals surface area contributed by atoms with Crippen LogP contribution in [0.5, 0.6) is 0 Å². The van der Waals surface area contributed by atoms with Crippen molar-refractivity contribution in [3.63, 3.8) is 0 Å². The van der Waals surface area contributed by atoms with Crippen LogP contribution in [0, 0.1) is 0 Å². The Balaban J connectivity index is 1.69. The summed E-state index contributed by atoms with van der Waals surface area (Å²) >= 11 is 0. The second kappa shape index (κ2) is 9.73. The number of alkyl carbamates (subject to hydrolysis) is 1. The first kappa shape index (κ1) is 20.4. The molecule has 2 amide bonds. The largest absolute Gasteiger partial charge is 0.480 e. The summed E-state index contributed by atoms with van der Waals surface area (Å²) in [6.07, 6.45) is 0.578. The van der Waals surface area contributed by atoms with Gasteiger partial charge >= 0.3 is 12.1 Å². The van der Waals surface area contributed by atoms with Gasteiger partial charge in [-0.15, -0.1) is 0 Å². The Bertz CT molecular complexity index is 841. The number of nitrogens with zero attached hydrogens (tertiary/aromatic N) is 1. The molecule has 0 spiro atoms. The first-order valence-electron chi connectivity index (χ1n) is 9.59. The molecule has 0 aromatic heterocycles. The average molecular weight is 396 g/mol. The van der Waals surface area contributed by atoms with Crippen LogP contribution in [0.1, 0.15) is 24.0 Å². The number of hydrogen-bond acceptors (Lipinski definition) is 4. The minimum absolute atomic E-state index is 0.0837. The van der Waals surface area contributed by atoms with E-state index in [-0.39, 0.29) is 13.0 Å². The first-order chi connectivity index (χ1) is 14.0. The maximum Gasteiger partial charge on any atom is 0.408 e. The monoisotopic (exact) mass is 396 g/mol. The summed E-state index contributed by atoms with van der Waals surface area (Å²) in [6.45, 7) is 0.447. The number of hydrogen-bond donors (Lipinski definition) is 2. The van der Waals surface area contributed by atoms with E-state index in [1.54, 1.807) is 0 Å². The fourth-order valence-electron chi connectivity index (χ4n) is 3.44. The number of carbonyl (C=O) groups is 3. The molecule has 1 aliphatic rings. The maximum atomic E-state index is 13.1. The van der Waals surface area contributed by atoms with Gasteiger partial charge in [0.15, 0.2) is 0 Å². The molecule has 1 fully saturated rings. The lowest BCUT2D eigenvalue weighted by Crippen LogP contribution is -2.52. The van der Waals surface area contributed by atoms with Crippen molar-refractivity contribution in [3.8, 4) is 0 Å². The highest BCUT2D eigenvalue weighted by molar-refractivity contribution is 5.90. The van der Waals surface area contributed by atoms with Crippen LogP contribution in [-0.2, 0) is 27.4 Å². The summed E-state index contributed by atoms with van der Waals surface area (Å²) in [5.74, 6) is -1.43. The number of amides is 2. The predicted molar refractivity (Wildman–Crippen MR) is 106 cm³/mol. The van der Waals surface area contributed by atoms with Crippen LogP contribution in [0.4, 0.5) is 4.79 Å². The van der Waals surface area contributed by atoms with Crippen LogP contribution in [0.15, 0.2) is 60.7 Å². The molecule has 1 aliphatic heterocycles. The Kier molecular flexibility index (Phi) is 6.84. The summed E-state index contributed by atoms with van der Waals surface area (Å²) in [5.41, 5.74) is 1.69. The third-order valence-electron chi connectivity index (χ3n) is 4.91. The number of carboxylic acids is 1. The van der Waals surface area contributed by atoms with E-state index in [0.29, 0.717) is 19.4 Å². The molecule has 1 saturated heterocycles. The molecule has 3 rings (SSSR count). The van der Waals surface area contributed by atoms with Crippen molar-refractivity contribution in [3.05, 3.63) is 71.8 Å². The zero-order chi connectivity index (χ0) is 20.6. The standard InChI is InChI=1S/C22H24N2O5/c25-20(24-13-7-12-19(24)21(26)27)18(14-16-8-3-1-4-9-16)23-22(28)29-15-17-10-5-2-6-11-17/h1-6,8-11,18-19H,7,12-15H2,(H,23,28)(H,26,27)/t18?,19-/m0/s1. The van der Waals surface area contributed by atoms with Crippen LogP contribution in [0.3, 0.4) is 0 Å². The molecular weight excluding hydrogens is 372 g/mol. The van der Waals surface area contributed by atoms with Gasteiger partial charge in [0.2, 0.25) is 5.91 Å². The maximum absolute atomic E-state index is 13.1. The molecule has 0 bridgehead atoms. The van der Waals surface area contributed by atoms with Gasteiger partial charge in [-0.2, -0.15) is 0 Å². The molecule has 1 heterocycles. The van der Waals surface area contributed by atoms with Crippen molar-refractivity contribution in [2.45, 2.75) is 38.0 Å². The number of carboxylic acid groups (broad SMARTS) is 1. The Morgan fingerprint density at radius 1 is 1.03 bits per heavy atom. The van der Waals surface area contributed by atoms with E-state index >= 15 is 0 Å². The van der Waals surface area contributed by atoms with Crippen LogP contribution in [-0.4, -0.2) is 46.6 Å². The second-order valence-electron chi connectivity index (χ2n) is 6.98. The van der Waals surface area contributed by atoms with Gasteiger partial charge in [-0.25, -0.2) is 9.59 Å². The van der Waals surface area contributed by atoms with Gasteiger partial charge < -0.3 is 20.1 Å². The first-order valence-corrected chi connectivity index (χ1v) is 9.59. The number of benzene rings is 2. The summed E-state index contributed by atoms with van der Waals surface area (Å²) < 4.78 is 5.25. The molecule has 2 aromatic rings. The van der Waals surface area contributed by atoms with Crippen LogP contribution >= 0.6 is 0 Å². The van der Waals surface area contributed by atoms with E-state index in [1.807, 2.05) is 60.7 Å². The van der Waals surface area contributed by atoms with Crippen LogP contribution in [0.2, 0.25) is 0 Å². The van der Waals surface area contributed by atoms with Gasteiger partial charge in [-0.05, 0) is 24.0 Å². The molecule has 0 aliphatic carbocycles. The van der Waals surface area contributed by atoms with Crippen LogP contribution < -0.4 is 5.32 Å². The number of rotatable bonds is 7. The van der Waals surface area contributed by atoms with Gasteiger partial charge in [0.05, 0.1) is 0 Å². The third-order valence-corrected chi connectivity index (χ3v) is 4.91. The normalized spacial score (nSPS) is 16.8. The van der Waals surface area contributed by atoms with Crippen molar-refractivity contribution < 1.29 is 24.2 Å². The van der Waals surface area contributed by atoms with E-state index in [9.17, 15) is 19.5 Å². The Morgan fingerprint density at radius 3 is 2.28 bits per heavy atom. The van der Waals surface area contributed by atoms with Gasteiger partial charge in [0.1, 0.15) is 18.7 Å². The minimum atomic E-state index is -1.03. The highest BCUT2D eigenvalue weighted by atomic mass is 16.5. The number of likely N-dealkylation sites (tertiary alicyclic amines) is 1. The van der Waals surface area contributed by atoms with Gasteiger partial charge in [-0.1, -0.05) is 60.7 Å². The molecule has 1 unspecified atom stereocenters. The van der Waals surface area contributed by atoms with Crippen molar-refractivity contribution in [1.82, 2.24) is 10.2 Å². The summed E-state index contributed by atoms with van der Waals surface area (Å²) in [6, 6.07) is 16.7. The van der Waals surface area contributed by atoms with Crippen molar-refractivity contribution in [1.29, 1.82) is 0 Å². The Morgan fingerprint density at radius 2 is 1.66 bits per heavy atom. The molecule has 29 heavy (non-hydrogen) atoms. The molecule has 2 aromatic carbocycles. The van der Waals surface area contributed by atoms with Gasteiger partial charge in [0.25, 0.3) is 0 Å². The SMILES string of the molecule is O=C(NC(Cc1ccccc1)C(=O)N1CCC[C@H]1C(=O)O)OCc1ccccc1. The zero-order valence-corrected chi connectivity index (χ0v) is 16.0. The smallest absolute Gasteiger partial charge is 0.408 e. The van der Waals surface area contributed by atoms with Crippen molar-refractivity contribution >= 4 is 18.0 Å². The highest BCUT2D eigenvalue weighted by Crippen LogP contribution is 2.19. The van der Waals surface area contributed by atoms with Gasteiger partial charge in [0, 0.05) is 13.0 Å². The summed E-state index contributed by atoms with van der Waals surface area (Å²) in [7, 11) is 0. The quantitative estimate of drug-likeness (QED) is 0.750. The number of carbonyl (C=O) groups excluding carboxylic acids is 2. The van der Waals surface area contributed by atoms with Crippen LogP contribution in [0.25, 0.3) is 0 Å². The third kappa shape index (κ3) is 5.57. The molecule has 152 valence electrons. The molecule has 2 N–H and O–H groups in total. The van der Waals surface area contributed by atoms with E-state index in [2.05, 4.69) is 5.32 Å². The lowest BCUT2D eigenvalue weighted by molar-refractivity contribution is -0.148. The number of ether oxygens (including phenoxy) is 1. The lowest BCUT2D eigenvalue weighted by Gasteiger charge is -2.27. The van der Waals surface area contributed by atoms with Crippen molar-refractivity contribution in [2.75, 3.05) is 6.54 Å². The summed E-state index contributed by atoms with van der Waals surface area (Å²) in [5, 5.41) is 12.0. The topological polar surface area (TPSA) is 95.9 Å². The fourth-order valence-corrected chi connectivity index (χ4v) is 3.44. The highest BCUT2D eigenvalue weighted by Gasteiger charge is 2.37. The van der Waals surface area contributed by atoms with E-state index in [0.717, 1.165) is 11.1 Å². The average Bonchev–Trinajstić information content (AvgIpc) is 3.23. The molecule has 0 radical (unpaired) electrons. The van der Waals surface area contributed by atoms with E-state index in [4.69, 9.17) is 4.74 Å². The predicted octanol–water partition coefficient (Wildman–Crippen LogP) is 2.60. The number of aliphatic carboxylic acids is 1. The fraction of sp³-hybridized carbons (Fsp3) is 0.318. The Hall–Kier alpha value is -3.35. The number of nitrogens with one attached hydrogen (secondary N) is 1. The summed E-state index contributed by atoms with van der Waals surface area (Å²) in [4.78, 5) is 38.2. The second-order valence-corrected chi connectivity index (χ2v) is 6.98.